The van der Waals surface area contributed by atoms with Crippen molar-refractivity contribution in [2.45, 2.75) is 63.7 Å². The van der Waals surface area contributed by atoms with Crippen LogP contribution in [0.5, 0.6) is 0 Å². The van der Waals surface area contributed by atoms with Crippen LogP contribution in [0, 0.1) is 0 Å². The number of carbonyl (C=O) groups excluding carboxylic acids is 1. The fraction of sp³-hybridized carbons (Fsp3) is 0.619. The summed E-state index contributed by atoms with van der Waals surface area (Å²) in [5.74, 6) is 1.000. The van der Waals surface area contributed by atoms with Gasteiger partial charge in [-0.05, 0) is 38.2 Å². The predicted octanol–water partition coefficient (Wildman–Crippen LogP) is 2.49. The molecule has 2 atom stereocenters. The molecule has 2 fully saturated rings. The zero-order valence-corrected chi connectivity index (χ0v) is 19.3. The molecule has 3 rings (SSSR count). The Morgan fingerprint density at radius 1 is 1.18 bits per heavy atom. The molecule has 1 aromatic carbocycles. The van der Waals surface area contributed by atoms with E-state index < -0.39 is 0 Å². The molecule has 0 radical (unpaired) electrons. The van der Waals surface area contributed by atoms with Crippen molar-refractivity contribution in [3.8, 4) is 0 Å². The number of amides is 1. The second-order valence-corrected chi connectivity index (χ2v) is 7.79. The van der Waals surface area contributed by atoms with Crippen molar-refractivity contribution in [3.05, 3.63) is 35.9 Å². The summed E-state index contributed by atoms with van der Waals surface area (Å²) >= 11 is 0. The average molecular weight is 499 g/mol. The van der Waals surface area contributed by atoms with Gasteiger partial charge in [0.25, 0.3) is 0 Å². The molecule has 1 heterocycles. The number of nitrogens with zero attached hydrogens (tertiary/aromatic N) is 2. The second-order valence-electron chi connectivity index (χ2n) is 7.79. The SMILES string of the molecule is CN=C(NCCCC(=O)NC1CC1)NC1CC(C)N(Cc2ccccc2)C1.I. The third kappa shape index (κ3) is 7.58. The normalized spacial score (nSPS) is 22.4. The standard InChI is InChI=1S/C21H33N5O.HI/c1-16-13-19(15-26(16)14-17-7-4-3-5-8-17)25-21(22-2)23-12-6-9-20(27)24-18-10-11-18;/h3-5,7-8,16,18-19H,6,9-15H2,1-2H3,(H,24,27)(H2,22,23,25);1H. The number of halogens is 1. The van der Waals surface area contributed by atoms with Crippen LogP contribution in [-0.4, -0.2) is 55.0 Å². The Morgan fingerprint density at radius 2 is 1.93 bits per heavy atom. The molecule has 7 heteroatoms. The summed E-state index contributed by atoms with van der Waals surface area (Å²) in [6, 6.07) is 12.0. The van der Waals surface area contributed by atoms with E-state index in [1.165, 1.54) is 5.56 Å². The first-order valence-electron chi connectivity index (χ1n) is 10.2. The van der Waals surface area contributed by atoms with Crippen molar-refractivity contribution in [1.82, 2.24) is 20.9 Å². The van der Waals surface area contributed by atoms with Crippen molar-refractivity contribution in [1.29, 1.82) is 0 Å². The van der Waals surface area contributed by atoms with Gasteiger partial charge in [0.05, 0.1) is 0 Å². The Labute approximate surface area is 186 Å². The number of aliphatic imine (C=N–C) groups is 1. The third-order valence-electron chi connectivity index (χ3n) is 5.31. The van der Waals surface area contributed by atoms with Crippen LogP contribution < -0.4 is 16.0 Å². The molecule has 1 saturated heterocycles. The van der Waals surface area contributed by atoms with E-state index in [2.05, 4.69) is 63.1 Å². The molecule has 1 aliphatic heterocycles. The maximum atomic E-state index is 11.7. The first-order valence-corrected chi connectivity index (χ1v) is 10.2. The van der Waals surface area contributed by atoms with Gasteiger partial charge in [0.1, 0.15) is 0 Å². The summed E-state index contributed by atoms with van der Waals surface area (Å²) in [5, 5.41) is 9.91. The Hall–Kier alpha value is -1.35. The Kier molecular flexibility index (Phi) is 9.50. The summed E-state index contributed by atoms with van der Waals surface area (Å²) in [5.41, 5.74) is 1.36. The minimum Gasteiger partial charge on any atom is -0.356 e. The summed E-state index contributed by atoms with van der Waals surface area (Å²) in [7, 11) is 1.80. The summed E-state index contributed by atoms with van der Waals surface area (Å²) in [6.45, 7) is 5.05. The molecular weight excluding hydrogens is 465 g/mol. The molecule has 1 aliphatic carbocycles. The van der Waals surface area contributed by atoms with Crippen molar-refractivity contribution < 1.29 is 4.79 Å². The second kappa shape index (κ2) is 11.6. The molecule has 0 aromatic heterocycles. The van der Waals surface area contributed by atoms with Gasteiger partial charge in [-0.3, -0.25) is 14.7 Å². The summed E-state index contributed by atoms with van der Waals surface area (Å²) in [4.78, 5) is 18.6. The number of likely N-dealkylation sites (tertiary alicyclic amines) is 1. The molecular formula is C21H34IN5O. The van der Waals surface area contributed by atoms with Gasteiger partial charge in [0.2, 0.25) is 5.91 Å². The van der Waals surface area contributed by atoms with Gasteiger partial charge in [-0.25, -0.2) is 0 Å². The quantitative estimate of drug-likeness (QED) is 0.223. The van der Waals surface area contributed by atoms with Gasteiger partial charge in [-0.15, -0.1) is 24.0 Å². The lowest BCUT2D eigenvalue weighted by atomic mass is 10.2. The maximum Gasteiger partial charge on any atom is 0.220 e. The Balaban J connectivity index is 0.00000280. The number of nitrogens with one attached hydrogen (secondary N) is 3. The van der Waals surface area contributed by atoms with E-state index in [9.17, 15) is 4.79 Å². The van der Waals surface area contributed by atoms with E-state index in [1.807, 2.05) is 0 Å². The van der Waals surface area contributed by atoms with E-state index >= 15 is 0 Å². The van der Waals surface area contributed by atoms with Crippen LogP contribution in [-0.2, 0) is 11.3 Å². The van der Waals surface area contributed by atoms with Gasteiger partial charge in [0, 0.05) is 51.2 Å². The number of rotatable bonds is 8. The van der Waals surface area contributed by atoms with Crippen LogP contribution in [0.1, 0.15) is 44.6 Å². The predicted molar refractivity (Wildman–Crippen MR) is 125 cm³/mol. The number of guanidine groups is 1. The van der Waals surface area contributed by atoms with Crippen LogP contribution in [0.4, 0.5) is 0 Å². The molecule has 1 amide bonds. The van der Waals surface area contributed by atoms with Gasteiger partial charge in [-0.1, -0.05) is 30.3 Å². The highest BCUT2D eigenvalue weighted by molar-refractivity contribution is 14.0. The molecule has 28 heavy (non-hydrogen) atoms. The molecule has 1 saturated carbocycles. The van der Waals surface area contributed by atoms with Crippen LogP contribution in [0.15, 0.2) is 35.3 Å². The Bertz CT molecular complexity index is 635. The highest BCUT2D eigenvalue weighted by atomic mass is 127. The van der Waals surface area contributed by atoms with E-state index in [4.69, 9.17) is 0 Å². The fourth-order valence-corrected chi connectivity index (χ4v) is 3.61. The number of hydrogen-bond acceptors (Lipinski definition) is 3. The topological polar surface area (TPSA) is 68.8 Å². The molecule has 156 valence electrons. The zero-order chi connectivity index (χ0) is 19.1. The molecule has 0 bridgehead atoms. The first kappa shape index (κ1) is 22.9. The van der Waals surface area contributed by atoms with Gasteiger partial charge < -0.3 is 16.0 Å². The van der Waals surface area contributed by atoms with E-state index in [0.29, 0.717) is 24.5 Å². The molecule has 1 aromatic rings. The minimum atomic E-state index is 0. The van der Waals surface area contributed by atoms with Crippen molar-refractivity contribution in [2.75, 3.05) is 20.1 Å². The lowest BCUT2D eigenvalue weighted by molar-refractivity contribution is -0.121. The first-order chi connectivity index (χ1) is 13.1. The van der Waals surface area contributed by atoms with E-state index in [-0.39, 0.29) is 29.9 Å². The van der Waals surface area contributed by atoms with E-state index in [1.54, 1.807) is 7.05 Å². The third-order valence-corrected chi connectivity index (χ3v) is 5.31. The molecule has 0 spiro atoms. The summed E-state index contributed by atoms with van der Waals surface area (Å²) in [6.07, 6.45) is 4.78. The largest absolute Gasteiger partial charge is 0.356 e. The van der Waals surface area contributed by atoms with Crippen molar-refractivity contribution >= 4 is 35.8 Å². The van der Waals surface area contributed by atoms with Gasteiger partial charge in [0.15, 0.2) is 5.96 Å². The van der Waals surface area contributed by atoms with Crippen LogP contribution in [0.25, 0.3) is 0 Å². The average Bonchev–Trinajstić information content (AvgIpc) is 3.41. The number of benzene rings is 1. The van der Waals surface area contributed by atoms with Crippen molar-refractivity contribution in [2.24, 2.45) is 4.99 Å². The highest BCUT2D eigenvalue weighted by Crippen LogP contribution is 2.20. The molecule has 6 nitrogen and oxygen atoms in total. The lowest BCUT2D eigenvalue weighted by Crippen LogP contribution is -2.44. The lowest BCUT2D eigenvalue weighted by Gasteiger charge is -2.21. The van der Waals surface area contributed by atoms with Gasteiger partial charge >= 0.3 is 0 Å². The molecule has 2 aliphatic rings. The number of hydrogen-bond donors (Lipinski definition) is 3. The maximum absolute atomic E-state index is 11.7. The Morgan fingerprint density at radius 3 is 2.61 bits per heavy atom. The highest BCUT2D eigenvalue weighted by Gasteiger charge is 2.29. The number of carbonyl (C=O) groups is 1. The van der Waals surface area contributed by atoms with Crippen molar-refractivity contribution in [3.63, 3.8) is 0 Å². The fourth-order valence-electron chi connectivity index (χ4n) is 3.61. The van der Waals surface area contributed by atoms with Crippen LogP contribution >= 0.6 is 24.0 Å². The van der Waals surface area contributed by atoms with Crippen LogP contribution in [0.3, 0.4) is 0 Å². The van der Waals surface area contributed by atoms with Crippen LogP contribution in [0.2, 0.25) is 0 Å². The van der Waals surface area contributed by atoms with E-state index in [0.717, 1.165) is 51.3 Å². The smallest absolute Gasteiger partial charge is 0.220 e. The molecule has 3 N–H and O–H groups in total. The summed E-state index contributed by atoms with van der Waals surface area (Å²) < 4.78 is 0. The van der Waals surface area contributed by atoms with Gasteiger partial charge in [-0.2, -0.15) is 0 Å². The minimum absolute atomic E-state index is 0. The molecule has 2 unspecified atom stereocenters. The monoisotopic (exact) mass is 499 g/mol. The zero-order valence-electron chi connectivity index (χ0n) is 17.0.